The highest BCUT2D eigenvalue weighted by Gasteiger charge is 2.51. The van der Waals surface area contributed by atoms with Crippen LogP contribution >= 0.6 is 0 Å². The summed E-state index contributed by atoms with van der Waals surface area (Å²) < 4.78 is 12.3. The van der Waals surface area contributed by atoms with Gasteiger partial charge >= 0.3 is 7.12 Å². The van der Waals surface area contributed by atoms with Gasteiger partial charge in [0, 0.05) is 18.1 Å². The third kappa shape index (κ3) is 3.96. The van der Waals surface area contributed by atoms with E-state index in [1.807, 2.05) is 45.9 Å². The van der Waals surface area contributed by atoms with Crippen molar-refractivity contribution < 1.29 is 14.1 Å². The monoisotopic (exact) mass is 368 g/mol. The molecule has 27 heavy (non-hydrogen) atoms. The van der Waals surface area contributed by atoms with Crippen molar-refractivity contribution in [1.29, 1.82) is 0 Å². The molecule has 1 aromatic carbocycles. The summed E-state index contributed by atoms with van der Waals surface area (Å²) in [6.07, 6.45) is 2.15. The zero-order valence-corrected chi connectivity index (χ0v) is 16.2. The van der Waals surface area contributed by atoms with Crippen LogP contribution in [0.3, 0.4) is 0 Å². The van der Waals surface area contributed by atoms with Gasteiger partial charge in [-0.3, -0.25) is 4.79 Å². The number of anilines is 1. The summed E-state index contributed by atoms with van der Waals surface area (Å²) in [5.74, 6) is 0.0278. The molecule has 3 rings (SSSR count). The van der Waals surface area contributed by atoms with Crippen molar-refractivity contribution in [3.63, 3.8) is 0 Å². The molecule has 0 bridgehead atoms. The van der Waals surface area contributed by atoms with Gasteiger partial charge in [-0.05, 0) is 45.1 Å². The van der Waals surface area contributed by atoms with Crippen molar-refractivity contribution in [3.05, 3.63) is 36.2 Å². The van der Waals surface area contributed by atoms with Crippen LogP contribution in [0, 0.1) is 0 Å². The molecule has 1 aliphatic heterocycles. The van der Waals surface area contributed by atoms with Crippen LogP contribution in [0.4, 0.5) is 5.82 Å². The lowest BCUT2D eigenvalue weighted by molar-refractivity contribution is -0.117. The van der Waals surface area contributed by atoms with Gasteiger partial charge < -0.3 is 20.8 Å². The smallest absolute Gasteiger partial charge is 0.399 e. The maximum atomic E-state index is 11.3. The molecule has 2 heterocycles. The Bertz CT molecular complexity index is 854. The van der Waals surface area contributed by atoms with Crippen LogP contribution in [0.15, 0.2) is 30.6 Å². The molecule has 142 valence electrons. The maximum absolute atomic E-state index is 11.3. The standard InChI is InChI=1S/C19H25BN4O3/c1-18(2)19(3,4)27-20(26-18)13-6-7-14(12(9-13)5-8-17(22)25)15-10-16(21)24-11-23-15/h6-7,9-11H,5,8H2,1-4H3,(H2,22,25)(H2,21,23,24). The number of amides is 1. The van der Waals surface area contributed by atoms with Crippen molar-refractivity contribution in [2.75, 3.05) is 5.73 Å². The molecule has 2 aromatic rings. The fraction of sp³-hybridized carbons (Fsp3) is 0.421. The molecule has 1 saturated heterocycles. The number of hydrogen-bond acceptors (Lipinski definition) is 6. The second-order valence-electron chi connectivity index (χ2n) is 7.80. The lowest BCUT2D eigenvalue weighted by Gasteiger charge is -2.32. The summed E-state index contributed by atoms with van der Waals surface area (Å²) in [7, 11) is -0.480. The number of aryl methyl sites for hydroxylation is 1. The van der Waals surface area contributed by atoms with Gasteiger partial charge in [0.2, 0.25) is 5.91 Å². The van der Waals surface area contributed by atoms with E-state index in [1.165, 1.54) is 6.33 Å². The molecule has 1 aromatic heterocycles. The highest BCUT2D eigenvalue weighted by atomic mass is 16.7. The number of nitrogen functional groups attached to an aromatic ring is 1. The largest absolute Gasteiger partial charge is 0.494 e. The summed E-state index contributed by atoms with van der Waals surface area (Å²) in [5, 5.41) is 0. The Morgan fingerprint density at radius 2 is 1.78 bits per heavy atom. The third-order valence-corrected chi connectivity index (χ3v) is 5.26. The van der Waals surface area contributed by atoms with E-state index in [9.17, 15) is 4.79 Å². The van der Waals surface area contributed by atoms with Crippen LogP contribution in [0.2, 0.25) is 0 Å². The number of nitrogens with two attached hydrogens (primary N) is 2. The zero-order valence-electron chi connectivity index (χ0n) is 16.2. The van der Waals surface area contributed by atoms with E-state index in [4.69, 9.17) is 20.8 Å². The molecule has 7 nitrogen and oxygen atoms in total. The van der Waals surface area contributed by atoms with Gasteiger partial charge in [0.15, 0.2) is 0 Å². The number of benzene rings is 1. The van der Waals surface area contributed by atoms with Crippen LogP contribution < -0.4 is 16.9 Å². The fourth-order valence-corrected chi connectivity index (χ4v) is 2.97. The molecule has 0 spiro atoms. The fourth-order valence-electron chi connectivity index (χ4n) is 2.97. The summed E-state index contributed by atoms with van der Waals surface area (Å²) in [4.78, 5) is 19.5. The normalized spacial score (nSPS) is 17.9. The van der Waals surface area contributed by atoms with Crippen molar-refractivity contribution >= 4 is 24.3 Å². The van der Waals surface area contributed by atoms with Crippen molar-refractivity contribution in [2.45, 2.75) is 51.7 Å². The topological polar surface area (TPSA) is 113 Å². The molecule has 0 aliphatic carbocycles. The minimum absolute atomic E-state index is 0.236. The molecule has 0 unspecified atom stereocenters. The summed E-state index contributed by atoms with van der Waals surface area (Å²) >= 11 is 0. The van der Waals surface area contributed by atoms with Crippen molar-refractivity contribution in [2.24, 2.45) is 5.73 Å². The number of hydrogen-bond donors (Lipinski definition) is 2. The molecular formula is C19H25BN4O3. The van der Waals surface area contributed by atoms with Gasteiger partial charge in [-0.2, -0.15) is 0 Å². The van der Waals surface area contributed by atoms with E-state index in [1.54, 1.807) is 6.07 Å². The Morgan fingerprint density at radius 3 is 2.37 bits per heavy atom. The number of carbonyl (C=O) groups is 1. The van der Waals surface area contributed by atoms with E-state index in [0.29, 0.717) is 17.9 Å². The lowest BCUT2D eigenvalue weighted by atomic mass is 9.77. The zero-order chi connectivity index (χ0) is 19.8. The summed E-state index contributed by atoms with van der Waals surface area (Å²) in [6.45, 7) is 8.05. The predicted molar refractivity (Wildman–Crippen MR) is 105 cm³/mol. The van der Waals surface area contributed by atoms with E-state index in [2.05, 4.69) is 9.97 Å². The van der Waals surface area contributed by atoms with Crippen LogP contribution in [0.5, 0.6) is 0 Å². The molecular weight excluding hydrogens is 343 g/mol. The van der Waals surface area contributed by atoms with Crippen molar-refractivity contribution in [1.82, 2.24) is 9.97 Å². The number of primary amides is 1. The van der Waals surface area contributed by atoms with E-state index >= 15 is 0 Å². The lowest BCUT2D eigenvalue weighted by Crippen LogP contribution is -2.41. The van der Waals surface area contributed by atoms with E-state index < -0.39 is 18.3 Å². The Labute approximate surface area is 159 Å². The van der Waals surface area contributed by atoms with Gasteiger partial charge in [0.25, 0.3) is 0 Å². The Balaban J connectivity index is 1.99. The van der Waals surface area contributed by atoms with Gasteiger partial charge in [-0.25, -0.2) is 9.97 Å². The molecule has 8 heteroatoms. The molecule has 1 fully saturated rings. The van der Waals surface area contributed by atoms with Crippen LogP contribution in [-0.2, 0) is 20.5 Å². The molecule has 0 saturated carbocycles. The van der Waals surface area contributed by atoms with Gasteiger partial charge in [0.05, 0.1) is 16.9 Å². The number of rotatable bonds is 5. The number of nitrogens with zero attached hydrogens (tertiary/aromatic N) is 2. The second kappa shape index (κ2) is 6.94. The molecule has 1 amide bonds. The highest BCUT2D eigenvalue weighted by molar-refractivity contribution is 6.62. The quantitative estimate of drug-likeness (QED) is 0.772. The minimum atomic E-state index is -0.480. The average Bonchev–Trinajstić information content (AvgIpc) is 2.80. The first-order chi connectivity index (χ1) is 12.6. The number of aromatic nitrogens is 2. The van der Waals surface area contributed by atoms with Crippen molar-refractivity contribution in [3.8, 4) is 11.3 Å². The molecule has 0 atom stereocenters. The molecule has 1 aliphatic rings. The van der Waals surface area contributed by atoms with Crippen LogP contribution in [0.1, 0.15) is 39.7 Å². The molecule has 0 radical (unpaired) electrons. The number of carbonyl (C=O) groups excluding carboxylic acids is 1. The van der Waals surface area contributed by atoms with E-state index in [-0.39, 0.29) is 12.3 Å². The van der Waals surface area contributed by atoms with Gasteiger partial charge in [0.1, 0.15) is 12.1 Å². The SMILES string of the molecule is CC1(C)OB(c2ccc(-c3cc(N)ncn3)c(CCC(N)=O)c2)OC1(C)C. The first-order valence-electron chi connectivity index (χ1n) is 8.94. The summed E-state index contributed by atoms with van der Waals surface area (Å²) in [5.41, 5.74) is 13.7. The first-order valence-corrected chi connectivity index (χ1v) is 8.94. The second-order valence-corrected chi connectivity index (χ2v) is 7.80. The van der Waals surface area contributed by atoms with Crippen LogP contribution in [-0.4, -0.2) is 34.2 Å². The van der Waals surface area contributed by atoms with Gasteiger partial charge in [-0.1, -0.05) is 18.2 Å². The minimum Gasteiger partial charge on any atom is -0.399 e. The van der Waals surface area contributed by atoms with E-state index in [0.717, 1.165) is 16.6 Å². The van der Waals surface area contributed by atoms with Gasteiger partial charge in [-0.15, -0.1) is 0 Å². The highest BCUT2D eigenvalue weighted by Crippen LogP contribution is 2.36. The maximum Gasteiger partial charge on any atom is 0.494 e. The Morgan fingerprint density at radius 1 is 1.11 bits per heavy atom. The Hall–Kier alpha value is -2.45. The Kier molecular flexibility index (Phi) is 4.97. The average molecular weight is 368 g/mol. The first kappa shape index (κ1) is 19.3. The van der Waals surface area contributed by atoms with Crippen LogP contribution in [0.25, 0.3) is 11.3 Å². The summed E-state index contributed by atoms with van der Waals surface area (Å²) in [6, 6.07) is 7.58. The third-order valence-electron chi connectivity index (χ3n) is 5.26. The predicted octanol–water partition coefficient (Wildman–Crippen LogP) is 1.44. The molecule has 4 N–H and O–H groups in total.